The molecule has 0 aromatic carbocycles. The summed E-state index contributed by atoms with van der Waals surface area (Å²) in [6.45, 7) is 4.10. The second-order valence-corrected chi connectivity index (χ2v) is 5.67. The zero-order valence-corrected chi connectivity index (χ0v) is 9.87. The molecule has 0 amide bonds. The molecular formula is C13H24O2. The third-order valence-electron chi connectivity index (χ3n) is 4.21. The summed E-state index contributed by atoms with van der Waals surface area (Å²) in [5.74, 6) is 1.53. The van der Waals surface area contributed by atoms with Crippen molar-refractivity contribution in [2.24, 2.45) is 11.8 Å². The van der Waals surface area contributed by atoms with E-state index in [4.69, 9.17) is 4.74 Å². The number of ether oxygens (including phenoxy) is 1. The maximum absolute atomic E-state index is 10.5. The van der Waals surface area contributed by atoms with Crippen LogP contribution in [0.15, 0.2) is 0 Å². The molecule has 1 saturated carbocycles. The number of aliphatic hydroxyl groups is 1. The first-order valence-electron chi connectivity index (χ1n) is 6.48. The number of rotatable bonds is 2. The molecule has 2 nitrogen and oxygen atoms in total. The molecule has 0 radical (unpaired) electrons. The molecule has 1 aliphatic heterocycles. The predicted octanol–water partition coefficient (Wildman–Crippen LogP) is 2.74. The predicted molar refractivity (Wildman–Crippen MR) is 60.7 cm³/mol. The summed E-state index contributed by atoms with van der Waals surface area (Å²) in [6.07, 6.45) is 7.77. The summed E-state index contributed by atoms with van der Waals surface area (Å²) in [7, 11) is 0. The topological polar surface area (TPSA) is 29.5 Å². The van der Waals surface area contributed by atoms with Crippen molar-refractivity contribution in [3.63, 3.8) is 0 Å². The Balaban J connectivity index is 1.81. The molecule has 0 unspecified atom stereocenters. The lowest BCUT2D eigenvalue weighted by atomic mass is 9.74. The second-order valence-electron chi connectivity index (χ2n) is 5.67. The third-order valence-corrected chi connectivity index (χ3v) is 4.21. The van der Waals surface area contributed by atoms with Crippen molar-refractivity contribution in [1.29, 1.82) is 0 Å². The van der Waals surface area contributed by atoms with Gasteiger partial charge in [0.1, 0.15) is 0 Å². The lowest BCUT2D eigenvalue weighted by Crippen LogP contribution is -2.36. The zero-order chi connectivity index (χ0) is 10.7. The molecule has 0 spiro atoms. The molecule has 88 valence electrons. The van der Waals surface area contributed by atoms with Gasteiger partial charge in [0.15, 0.2) is 0 Å². The van der Waals surface area contributed by atoms with Crippen molar-refractivity contribution in [2.75, 3.05) is 13.2 Å². The Kier molecular flexibility index (Phi) is 3.68. The quantitative estimate of drug-likeness (QED) is 0.762. The fraction of sp³-hybridized carbons (Fsp3) is 1.00. The van der Waals surface area contributed by atoms with E-state index in [1.54, 1.807) is 0 Å². The van der Waals surface area contributed by atoms with Crippen LogP contribution in [-0.4, -0.2) is 23.9 Å². The van der Waals surface area contributed by atoms with Crippen LogP contribution in [0.3, 0.4) is 0 Å². The van der Waals surface area contributed by atoms with E-state index in [1.807, 2.05) is 0 Å². The monoisotopic (exact) mass is 212 g/mol. The Morgan fingerprint density at radius 3 is 2.33 bits per heavy atom. The minimum Gasteiger partial charge on any atom is -0.390 e. The summed E-state index contributed by atoms with van der Waals surface area (Å²) in [5, 5.41) is 10.5. The average Bonchev–Trinajstić information content (AvgIpc) is 2.24. The summed E-state index contributed by atoms with van der Waals surface area (Å²) in [6, 6.07) is 0. The van der Waals surface area contributed by atoms with Crippen LogP contribution in [0.2, 0.25) is 0 Å². The van der Waals surface area contributed by atoms with Crippen LogP contribution in [0.4, 0.5) is 0 Å². The molecule has 0 aromatic heterocycles. The Morgan fingerprint density at radius 2 is 1.73 bits per heavy atom. The third kappa shape index (κ3) is 3.18. The van der Waals surface area contributed by atoms with Crippen LogP contribution in [0, 0.1) is 11.8 Å². The molecule has 2 aliphatic rings. The van der Waals surface area contributed by atoms with Gasteiger partial charge in [-0.3, -0.25) is 0 Å². The highest BCUT2D eigenvalue weighted by atomic mass is 16.5. The van der Waals surface area contributed by atoms with Gasteiger partial charge in [-0.05, 0) is 56.8 Å². The van der Waals surface area contributed by atoms with Gasteiger partial charge < -0.3 is 9.84 Å². The SMILES string of the molecule is CC1CCC(O)(CC2CCOCC2)CC1. The van der Waals surface area contributed by atoms with Crippen molar-refractivity contribution < 1.29 is 9.84 Å². The van der Waals surface area contributed by atoms with Crippen LogP contribution >= 0.6 is 0 Å². The molecule has 2 heteroatoms. The van der Waals surface area contributed by atoms with Gasteiger partial charge in [0.2, 0.25) is 0 Å². The molecule has 1 aliphatic carbocycles. The summed E-state index contributed by atoms with van der Waals surface area (Å²) in [4.78, 5) is 0. The van der Waals surface area contributed by atoms with E-state index in [2.05, 4.69) is 6.92 Å². The van der Waals surface area contributed by atoms with Crippen molar-refractivity contribution in [3.8, 4) is 0 Å². The maximum Gasteiger partial charge on any atom is 0.0650 e. The standard InChI is InChI=1S/C13H24O2/c1-11-2-6-13(14,7-3-11)10-12-4-8-15-9-5-12/h11-12,14H,2-10H2,1H3. The van der Waals surface area contributed by atoms with E-state index in [0.29, 0.717) is 5.92 Å². The largest absolute Gasteiger partial charge is 0.390 e. The lowest BCUT2D eigenvalue weighted by molar-refractivity contribution is -0.0433. The zero-order valence-electron chi connectivity index (χ0n) is 9.87. The molecule has 2 fully saturated rings. The Hall–Kier alpha value is -0.0800. The van der Waals surface area contributed by atoms with E-state index < -0.39 is 0 Å². The normalized spacial score (nSPS) is 39.2. The molecule has 1 saturated heterocycles. The number of hydrogen-bond acceptors (Lipinski definition) is 2. The first-order chi connectivity index (χ1) is 7.18. The van der Waals surface area contributed by atoms with Gasteiger partial charge in [0.25, 0.3) is 0 Å². The summed E-state index contributed by atoms with van der Waals surface area (Å²) in [5.41, 5.74) is -0.339. The Labute approximate surface area is 93.0 Å². The molecule has 2 rings (SSSR count). The minimum absolute atomic E-state index is 0.339. The highest BCUT2D eigenvalue weighted by Gasteiger charge is 2.34. The highest BCUT2D eigenvalue weighted by molar-refractivity contribution is 4.87. The van der Waals surface area contributed by atoms with Crippen molar-refractivity contribution in [1.82, 2.24) is 0 Å². The van der Waals surface area contributed by atoms with Crippen LogP contribution in [-0.2, 0) is 4.74 Å². The van der Waals surface area contributed by atoms with Gasteiger partial charge in [-0.1, -0.05) is 6.92 Å². The van der Waals surface area contributed by atoms with E-state index >= 15 is 0 Å². The maximum atomic E-state index is 10.5. The van der Waals surface area contributed by atoms with Crippen molar-refractivity contribution in [3.05, 3.63) is 0 Å². The van der Waals surface area contributed by atoms with Gasteiger partial charge in [0.05, 0.1) is 5.60 Å². The van der Waals surface area contributed by atoms with E-state index in [9.17, 15) is 5.11 Å². The van der Waals surface area contributed by atoms with Crippen LogP contribution in [0.25, 0.3) is 0 Å². The van der Waals surface area contributed by atoms with E-state index in [-0.39, 0.29) is 5.60 Å². The molecule has 0 atom stereocenters. The number of hydrogen-bond donors (Lipinski definition) is 1. The first kappa shape index (κ1) is 11.4. The van der Waals surface area contributed by atoms with Crippen molar-refractivity contribution in [2.45, 2.75) is 57.5 Å². The van der Waals surface area contributed by atoms with Crippen LogP contribution in [0.5, 0.6) is 0 Å². The minimum atomic E-state index is -0.339. The molecule has 15 heavy (non-hydrogen) atoms. The van der Waals surface area contributed by atoms with Gasteiger partial charge in [-0.25, -0.2) is 0 Å². The second kappa shape index (κ2) is 4.84. The first-order valence-corrected chi connectivity index (χ1v) is 6.48. The summed E-state index contributed by atoms with van der Waals surface area (Å²) >= 11 is 0. The fourth-order valence-electron chi connectivity index (χ4n) is 2.99. The molecule has 0 aromatic rings. The molecule has 1 heterocycles. The van der Waals surface area contributed by atoms with Crippen LogP contribution < -0.4 is 0 Å². The van der Waals surface area contributed by atoms with Gasteiger partial charge in [-0.15, -0.1) is 0 Å². The molecule has 1 N–H and O–H groups in total. The molecule has 0 bridgehead atoms. The van der Waals surface area contributed by atoms with Crippen LogP contribution in [0.1, 0.15) is 51.9 Å². The lowest BCUT2D eigenvalue weighted by Gasteiger charge is -2.38. The van der Waals surface area contributed by atoms with Gasteiger partial charge >= 0.3 is 0 Å². The fourth-order valence-corrected chi connectivity index (χ4v) is 2.99. The van der Waals surface area contributed by atoms with Gasteiger partial charge in [0, 0.05) is 13.2 Å². The highest BCUT2D eigenvalue weighted by Crippen LogP contribution is 2.38. The van der Waals surface area contributed by atoms with E-state index in [1.165, 1.54) is 12.8 Å². The van der Waals surface area contributed by atoms with Crippen molar-refractivity contribution >= 4 is 0 Å². The Bertz CT molecular complexity index is 189. The average molecular weight is 212 g/mol. The van der Waals surface area contributed by atoms with E-state index in [0.717, 1.165) is 51.2 Å². The molecular weight excluding hydrogens is 188 g/mol. The Morgan fingerprint density at radius 1 is 1.13 bits per heavy atom. The smallest absolute Gasteiger partial charge is 0.0650 e. The summed E-state index contributed by atoms with van der Waals surface area (Å²) < 4.78 is 5.36. The van der Waals surface area contributed by atoms with Gasteiger partial charge in [-0.2, -0.15) is 0 Å².